The first-order valence-electron chi connectivity index (χ1n) is 23.2. The number of rotatable bonds is 8. The minimum Gasteiger partial charge on any atom is -0.462 e. The largest absolute Gasteiger partial charge is 0.462 e. The summed E-state index contributed by atoms with van der Waals surface area (Å²) in [5.41, 5.74) is 0.391. The average molecular weight is 933 g/mol. The van der Waals surface area contributed by atoms with E-state index in [1.807, 2.05) is 32.9 Å². The number of benzene rings is 1. The topological polar surface area (TPSA) is 185 Å². The number of hydrogen-bond donors (Lipinski definition) is 3. The number of ether oxygens (including phenoxy) is 5. The van der Waals surface area contributed by atoms with E-state index in [1.54, 1.807) is 13.2 Å². The Kier molecular flexibility index (Phi) is 15.6. The Morgan fingerprint density at radius 2 is 1.76 bits per heavy atom. The third-order valence-corrected chi connectivity index (χ3v) is 13.5. The summed E-state index contributed by atoms with van der Waals surface area (Å²) >= 11 is 0. The molecule has 67 heavy (non-hydrogen) atoms. The van der Waals surface area contributed by atoms with Gasteiger partial charge in [-0.2, -0.15) is 10.2 Å². The molecule has 15 nitrogen and oxygen atoms in total. The lowest BCUT2D eigenvalue weighted by atomic mass is 9.70. The lowest BCUT2D eigenvalue weighted by molar-refractivity contribution is -0.342. The molecular formula is C50H66F2N6O9. The number of hydrogen-bond acceptors (Lipinski definition) is 13. The Labute approximate surface area is 391 Å². The Morgan fingerprint density at radius 1 is 1.06 bits per heavy atom. The third kappa shape index (κ3) is 11.2. The maximum absolute atomic E-state index is 14.2. The Bertz CT molecular complexity index is 2300. The van der Waals surface area contributed by atoms with Crippen molar-refractivity contribution in [1.29, 1.82) is 0 Å². The summed E-state index contributed by atoms with van der Waals surface area (Å²) in [4.78, 5) is 21.7. The van der Waals surface area contributed by atoms with Crippen LogP contribution >= 0.6 is 0 Å². The van der Waals surface area contributed by atoms with Gasteiger partial charge in [-0.1, -0.05) is 75.8 Å². The first-order valence-corrected chi connectivity index (χ1v) is 23.2. The van der Waals surface area contributed by atoms with Crippen LogP contribution in [0.4, 0.5) is 8.78 Å². The molecule has 0 radical (unpaired) electrons. The van der Waals surface area contributed by atoms with Gasteiger partial charge in [0.15, 0.2) is 5.79 Å². The molecule has 17 heteroatoms. The number of nitrogens with zero attached hydrogens (tertiary/aromatic N) is 6. The van der Waals surface area contributed by atoms with E-state index in [2.05, 4.69) is 66.1 Å². The molecule has 5 aliphatic rings. The van der Waals surface area contributed by atoms with Crippen molar-refractivity contribution >= 4 is 5.97 Å². The highest BCUT2D eigenvalue weighted by molar-refractivity contribution is 5.78. The molecule has 3 saturated heterocycles. The van der Waals surface area contributed by atoms with Gasteiger partial charge in [-0.05, 0) is 68.2 Å². The zero-order valence-electron chi connectivity index (χ0n) is 39.7. The van der Waals surface area contributed by atoms with Gasteiger partial charge in [-0.25, -0.2) is 28.1 Å². The van der Waals surface area contributed by atoms with Gasteiger partial charge in [0.25, 0.3) is 0 Å². The van der Waals surface area contributed by atoms with Gasteiger partial charge in [0.05, 0.1) is 38.0 Å². The van der Waals surface area contributed by atoms with Gasteiger partial charge >= 0.3 is 5.97 Å². The van der Waals surface area contributed by atoms with Crippen LogP contribution in [0, 0.1) is 35.3 Å². The number of aliphatic hydroxyl groups is 3. The van der Waals surface area contributed by atoms with E-state index in [-0.39, 0.29) is 49.3 Å². The predicted octanol–water partition coefficient (Wildman–Crippen LogP) is 6.48. The summed E-state index contributed by atoms with van der Waals surface area (Å²) in [6, 6.07) is 3.02. The van der Waals surface area contributed by atoms with Crippen LogP contribution in [0.3, 0.4) is 0 Å². The molecule has 8 rings (SSSR count). The van der Waals surface area contributed by atoms with Crippen molar-refractivity contribution in [2.45, 2.75) is 147 Å². The van der Waals surface area contributed by atoms with Crippen LogP contribution in [0.1, 0.15) is 86.1 Å². The Hall–Kier alpha value is -4.75. The number of aliphatic hydroxyl groups excluding tert-OH is 1. The van der Waals surface area contributed by atoms with Gasteiger partial charge in [0, 0.05) is 43.9 Å². The van der Waals surface area contributed by atoms with Crippen molar-refractivity contribution in [3.63, 3.8) is 0 Å². The van der Waals surface area contributed by atoms with Gasteiger partial charge in [0.1, 0.15) is 72.4 Å². The van der Waals surface area contributed by atoms with E-state index in [0.717, 1.165) is 29.7 Å². The summed E-state index contributed by atoms with van der Waals surface area (Å²) in [7, 11) is 1.59. The second-order valence-corrected chi connectivity index (χ2v) is 19.5. The molecule has 1 aliphatic carbocycles. The molecule has 1 aromatic carbocycles. The van der Waals surface area contributed by atoms with Crippen molar-refractivity contribution in [2.24, 2.45) is 23.7 Å². The number of carbonyl (C=O) groups excluding carboxylic acids is 1. The first-order chi connectivity index (χ1) is 31.8. The van der Waals surface area contributed by atoms with Gasteiger partial charge in [-0.3, -0.25) is 4.79 Å². The minimum absolute atomic E-state index is 0.0556. The maximum atomic E-state index is 14.2. The van der Waals surface area contributed by atoms with Gasteiger partial charge in [0.2, 0.25) is 0 Å². The number of methoxy groups -OCH3 is 1. The maximum Gasteiger partial charge on any atom is 0.316 e. The smallest absolute Gasteiger partial charge is 0.316 e. The lowest BCUT2D eigenvalue weighted by Gasteiger charge is -2.51. The molecule has 11 atom stereocenters. The molecule has 6 heterocycles. The van der Waals surface area contributed by atoms with Crippen molar-refractivity contribution in [3.8, 4) is 0 Å². The standard InChI is InChI=1S/C37H54O8.C13H12F2N6O/c1-21(2)14-24(5)32-26(7)31(38)19-36(45-32)18-29-17-28(44-36)13-12-23(4)15-22(3)10-9-11-27-20-42-34-33(41-8)25(6)16-30(35(39)43-29)37(27,34)40;14-10-1-2-11(12(15)3-10)13(22,4-20-8-16-6-18-20)5-21-9-17-7-19-21/h9-12,14,16,21-22,26,28-34,38,40H,13,15,17-20H2,1-8H3;1-3,6-9,22H,4-5H2/b10-9+,23-12+,24-14+,27-11+;/t22?,26?,28?,29-,30?,31?,32+,33+,34?,36-,37?;/m0./s1. The summed E-state index contributed by atoms with van der Waals surface area (Å²) in [5, 5.41) is 42.4. The summed E-state index contributed by atoms with van der Waals surface area (Å²) in [6.07, 6.45) is 17.1. The minimum atomic E-state index is -1.70. The van der Waals surface area contributed by atoms with Crippen molar-refractivity contribution in [1.82, 2.24) is 29.5 Å². The molecule has 0 saturated carbocycles. The van der Waals surface area contributed by atoms with Crippen molar-refractivity contribution in [2.75, 3.05) is 13.7 Å². The molecule has 2 bridgehead atoms. The van der Waals surface area contributed by atoms with Crippen LogP contribution in [0.2, 0.25) is 0 Å². The fourth-order valence-electron chi connectivity index (χ4n) is 10.4. The molecule has 1 spiro atoms. The SMILES string of the molecule is CO[C@@H]1C(C)=CC2C(=O)O[C@H]3CC(C/C=C(\C)CC(C)/C=C/C=C4\COC1C42O)O[C@@]1(CC(O)C(C)[C@@H](/C(C)=C/C(C)C)O1)C3.OC(Cn1cncn1)(Cn1cncn1)c1ccc(F)cc1F. The van der Waals surface area contributed by atoms with Crippen LogP contribution in [0.15, 0.2) is 102 Å². The number of aromatic nitrogens is 6. The fourth-order valence-corrected chi connectivity index (χ4v) is 10.4. The second-order valence-electron chi connectivity index (χ2n) is 19.5. The zero-order chi connectivity index (χ0) is 48.3. The molecule has 2 aromatic heterocycles. The Morgan fingerprint density at radius 3 is 2.39 bits per heavy atom. The summed E-state index contributed by atoms with van der Waals surface area (Å²) in [5.74, 6) is -3.67. The van der Waals surface area contributed by atoms with E-state index in [0.29, 0.717) is 37.2 Å². The van der Waals surface area contributed by atoms with E-state index >= 15 is 0 Å². The normalized spacial score (nSPS) is 34.8. The molecule has 364 valence electrons. The summed E-state index contributed by atoms with van der Waals surface area (Å²) in [6.45, 7) is 14.6. The van der Waals surface area contributed by atoms with Crippen LogP contribution in [0.5, 0.6) is 0 Å². The molecular weight excluding hydrogens is 867 g/mol. The number of esters is 1. The highest BCUT2D eigenvalue weighted by atomic mass is 19.1. The van der Waals surface area contributed by atoms with Crippen LogP contribution < -0.4 is 0 Å². The molecule has 3 aromatic rings. The highest BCUT2D eigenvalue weighted by Crippen LogP contribution is 2.48. The van der Waals surface area contributed by atoms with Crippen LogP contribution in [-0.4, -0.2) is 113 Å². The van der Waals surface area contributed by atoms with Crippen molar-refractivity contribution in [3.05, 3.63) is 119 Å². The Balaban J connectivity index is 0.000000252. The van der Waals surface area contributed by atoms with E-state index in [9.17, 15) is 28.9 Å². The molecule has 4 aliphatic heterocycles. The van der Waals surface area contributed by atoms with Crippen molar-refractivity contribution < 1.29 is 52.6 Å². The predicted molar refractivity (Wildman–Crippen MR) is 242 cm³/mol. The van der Waals surface area contributed by atoms with E-state index in [1.165, 1.54) is 46.3 Å². The van der Waals surface area contributed by atoms with E-state index in [4.69, 9.17) is 23.7 Å². The highest BCUT2D eigenvalue weighted by Gasteiger charge is 2.60. The third-order valence-electron chi connectivity index (χ3n) is 13.5. The van der Waals surface area contributed by atoms with E-state index < -0.39 is 64.9 Å². The molecule has 7 unspecified atom stereocenters. The molecule has 0 amide bonds. The number of allylic oxidation sites excluding steroid dienone is 5. The number of carbonyl (C=O) groups is 1. The number of halogens is 2. The van der Waals surface area contributed by atoms with Gasteiger partial charge in [-0.15, -0.1) is 0 Å². The fraction of sp³-hybridized carbons (Fsp3) is 0.580. The molecule has 3 fully saturated rings. The monoisotopic (exact) mass is 932 g/mol. The first kappa shape index (κ1) is 50.1. The van der Waals surface area contributed by atoms with Crippen LogP contribution in [-0.2, 0) is 47.2 Å². The van der Waals surface area contributed by atoms with Gasteiger partial charge < -0.3 is 39.0 Å². The molecule has 3 N–H and O–H groups in total. The van der Waals surface area contributed by atoms with Crippen LogP contribution in [0.25, 0.3) is 0 Å². The summed E-state index contributed by atoms with van der Waals surface area (Å²) < 4.78 is 61.7. The zero-order valence-corrected chi connectivity index (χ0v) is 39.7. The lowest BCUT2D eigenvalue weighted by Crippen LogP contribution is -2.59. The quantitative estimate of drug-likeness (QED) is 0.165. The second kappa shape index (κ2) is 20.9. The average Bonchev–Trinajstić information content (AvgIpc) is 4.04. The number of fused-ring (bicyclic) bond motifs is 2.